The van der Waals surface area contributed by atoms with Crippen LogP contribution in [0.2, 0.25) is 0 Å². The summed E-state index contributed by atoms with van der Waals surface area (Å²) < 4.78 is 17.6. The molecule has 0 spiro atoms. The Kier molecular flexibility index (Phi) is 4.92. The van der Waals surface area contributed by atoms with Crippen molar-refractivity contribution in [2.45, 2.75) is 12.7 Å². The minimum absolute atomic E-state index is 0.0432. The van der Waals surface area contributed by atoms with Gasteiger partial charge >= 0.3 is 5.97 Å². The molecule has 0 aliphatic heterocycles. The molecule has 1 unspecified atom stereocenters. The maximum absolute atomic E-state index is 13.2. The molecule has 0 N–H and O–H groups in total. The summed E-state index contributed by atoms with van der Waals surface area (Å²) in [5, 5.41) is 0. The fourth-order valence-electron chi connectivity index (χ4n) is 1.44. The van der Waals surface area contributed by atoms with Gasteiger partial charge in [0.05, 0.1) is 7.11 Å². The summed E-state index contributed by atoms with van der Waals surface area (Å²) in [6.45, 7) is 0.653. The van der Waals surface area contributed by atoms with Crippen molar-refractivity contribution in [3.05, 3.63) is 35.9 Å². The summed E-state index contributed by atoms with van der Waals surface area (Å²) in [6, 6.07) is 9.70. The molecule has 4 heteroatoms. The van der Waals surface area contributed by atoms with E-state index in [-0.39, 0.29) is 6.54 Å². The van der Waals surface area contributed by atoms with Crippen molar-refractivity contribution in [2.24, 2.45) is 0 Å². The van der Waals surface area contributed by atoms with E-state index in [9.17, 15) is 9.18 Å². The molecule has 1 rings (SSSR count). The molecule has 0 amide bonds. The first-order valence-corrected chi connectivity index (χ1v) is 5.08. The maximum Gasteiger partial charge on any atom is 0.341 e. The van der Waals surface area contributed by atoms with Gasteiger partial charge in [0.1, 0.15) is 0 Å². The maximum atomic E-state index is 13.2. The van der Waals surface area contributed by atoms with E-state index in [0.717, 1.165) is 5.56 Å². The van der Waals surface area contributed by atoms with Gasteiger partial charge in [-0.15, -0.1) is 0 Å². The van der Waals surface area contributed by atoms with E-state index >= 15 is 0 Å². The van der Waals surface area contributed by atoms with Crippen LogP contribution in [0.4, 0.5) is 4.39 Å². The second-order valence-electron chi connectivity index (χ2n) is 3.67. The number of rotatable bonds is 5. The molecule has 1 aromatic rings. The zero-order valence-electron chi connectivity index (χ0n) is 9.52. The Morgan fingerprint density at radius 3 is 2.62 bits per heavy atom. The summed E-state index contributed by atoms with van der Waals surface area (Å²) in [7, 11) is 2.95. The number of carbonyl (C=O) groups excluding carboxylic acids is 1. The zero-order chi connectivity index (χ0) is 12.0. The number of alkyl halides is 1. The summed E-state index contributed by atoms with van der Waals surface area (Å²) in [4.78, 5) is 12.6. The van der Waals surface area contributed by atoms with Gasteiger partial charge in [-0.25, -0.2) is 9.18 Å². The van der Waals surface area contributed by atoms with Crippen LogP contribution in [-0.4, -0.2) is 37.7 Å². The van der Waals surface area contributed by atoms with Crippen LogP contribution in [0.15, 0.2) is 30.3 Å². The van der Waals surface area contributed by atoms with Crippen molar-refractivity contribution in [1.29, 1.82) is 0 Å². The fraction of sp³-hybridized carbons (Fsp3) is 0.417. The summed E-state index contributed by atoms with van der Waals surface area (Å²) in [6.07, 6.45) is -1.58. The average Bonchev–Trinajstić information content (AvgIpc) is 2.29. The molecule has 0 aliphatic carbocycles. The Morgan fingerprint density at radius 2 is 2.06 bits per heavy atom. The first kappa shape index (κ1) is 12.6. The third-order valence-electron chi connectivity index (χ3n) is 2.22. The Balaban J connectivity index is 2.42. The van der Waals surface area contributed by atoms with Crippen LogP contribution >= 0.6 is 0 Å². The highest BCUT2D eigenvalue weighted by molar-refractivity contribution is 5.74. The number of esters is 1. The lowest BCUT2D eigenvalue weighted by Crippen LogP contribution is -2.32. The van der Waals surface area contributed by atoms with Gasteiger partial charge in [0, 0.05) is 13.1 Å². The molecule has 0 heterocycles. The van der Waals surface area contributed by atoms with Crippen LogP contribution in [-0.2, 0) is 16.1 Å². The quantitative estimate of drug-likeness (QED) is 0.713. The Bertz CT molecular complexity index is 329. The molecule has 88 valence electrons. The van der Waals surface area contributed by atoms with Crippen LogP contribution in [0.3, 0.4) is 0 Å². The lowest BCUT2D eigenvalue weighted by molar-refractivity contribution is -0.147. The molecule has 1 atom stereocenters. The lowest BCUT2D eigenvalue weighted by Gasteiger charge is -2.17. The first-order valence-electron chi connectivity index (χ1n) is 5.08. The summed E-state index contributed by atoms with van der Waals surface area (Å²) in [5.41, 5.74) is 1.09. The molecule has 0 fully saturated rings. The summed E-state index contributed by atoms with van der Waals surface area (Å²) in [5.74, 6) is -0.820. The second kappa shape index (κ2) is 6.23. The van der Waals surface area contributed by atoms with Crippen LogP contribution < -0.4 is 0 Å². The lowest BCUT2D eigenvalue weighted by atomic mass is 10.2. The third kappa shape index (κ3) is 3.98. The molecule has 0 aliphatic rings. The molecule has 16 heavy (non-hydrogen) atoms. The van der Waals surface area contributed by atoms with Crippen LogP contribution in [0, 0.1) is 0 Å². The van der Waals surface area contributed by atoms with E-state index in [0.29, 0.717) is 6.54 Å². The van der Waals surface area contributed by atoms with Crippen LogP contribution in [0.5, 0.6) is 0 Å². The smallest absolute Gasteiger partial charge is 0.341 e. The number of hydrogen-bond donors (Lipinski definition) is 0. The highest BCUT2D eigenvalue weighted by Gasteiger charge is 2.19. The molecular weight excluding hydrogens is 209 g/mol. The highest BCUT2D eigenvalue weighted by Crippen LogP contribution is 2.04. The largest absolute Gasteiger partial charge is 0.467 e. The van der Waals surface area contributed by atoms with E-state index in [4.69, 9.17) is 0 Å². The topological polar surface area (TPSA) is 29.5 Å². The second-order valence-corrected chi connectivity index (χ2v) is 3.67. The SMILES string of the molecule is COC(=O)C(F)CN(C)Cc1ccccc1. The monoisotopic (exact) mass is 225 g/mol. The van der Waals surface area contributed by atoms with Crippen molar-refractivity contribution in [3.63, 3.8) is 0 Å². The normalized spacial score (nSPS) is 12.5. The average molecular weight is 225 g/mol. The van der Waals surface area contributed by atoms with Gasteiger partial charge in [-0.1, -0.05) is 30.3 Å². The van der Waals surface area contributed by atoms with Gasteiger partial charge in [-0.3, -0.25) is 4.90 Å². The molecular formula is C12H16FNO2. The number of carbonyl (C=O) groups is 1. The first-order chi connectivity index (χ1) is 7.63. The van der Waals surface area contributed by atoms with E-state index in [1.807, 2.05) is 30.3 Å². The molecule has 0 aromatic heterocycles. The minimum atomic E-state index is -1.58. The van der Waals surface area contributed by atoms with Crippen molar-refractivity contribution in [1.82, 2.24) is 4.90 Å². The molecule has 0 saturated carbocycles. The van der Waals surface area contributed by atoms with Crippen LogP contribution in [0.1, 0.15) is 5.56 Å². The third-order valence-corrected chi connectivity index (χ3v) is 2.22. The predicted octanol–water partition coefficient (Wildman–Crippen LogP) is 1.63. The zero-order valence-corrected chi connectivity index (χ0v) is 9.52. The number of methoxy groups -OCH3 is 1. The molecule has 3 nitrogen and oxygen atoms in total. The highest BCUT2D eigenvalue weighted by atomic mass is 19.1. The summed E-state index contributed by atoms with van der Waals surface area (Å²) >= 11 is 0. The van der Waals surface area contributed by atoms with E-state index in [2.05, 4.69) is 4.74 Å². The number of ether oxygens (including phenoxy) is 1. The Labute approximate surface area is 94.8 Å². The molecule has 1 aromatic carbocycles. The number of benzene rings is 1. The van der Waals surface area contributed by atoms with E-state index in [1.54, 1.807) is 11.9 Å². The fourth-order valence-corrected chi connectivity index (χ4v) is 1.44. The van der Waals surface area contributed by atoms with Gasteiger partial charge in [0.2, 0.25) is 6.17 Å². The standard InChI is InChI=1S/C12H16FNO2/c1-14(9-11(13)12(15)16-2)8-10-6-4-3-5-7-10/h3-7,11H,8-9H2,1-2H3. The van der Waals surface area contributed by atoms with Crippen molar-refractivity contribution < 1.29 is 13.9 Å². The van der Waals surface area contributed by atoms with Crippen molar-refractivity contribution >= 4 is 5.97 Å². The minimum Gasteiger partial charge on any atom is -0.467 e. The van der Waals surface area contributed by atoms with Gasteiger partial charge in [-0.2, -0.15) is 0 Å². The van der Waals surface area contributed by atoms with E-state index < -0.39 is 12.1 Å². The van der Waals surface area contributed by atoms with Gasteiger partial charge in [0.25, 0.3) is 0 Å². The van der Waals surface area contributed by atoms with Crippen molar-refractivity contribution in [2.75, 3.05) is 20.7 Å². The Hall–Kier alpha value is -1.42. The van der Waals surface area contributed by atoms with Gasteiger partial charge in [0.15, 0.2) is 0 Å². The van der Waals surface area contributed by atoms with Gasteiger partial charge in [-0.05, 0) is 12.6 Å². The molecule has 0 radical (unpaired) electrons. The van der Waals surface area contributed by atoms with Crippen molar-refractivity contribution in [3.8, 4) is 0 Å². The number of halogens is 1. The number of hydrogen-bond acceptors (Lipinski definition) is 3. The van der Waals surface area contributed by atoms with Crippen LogP contribution in [0.25, 0.3) is 0 Å². The molecule has 0 bridgehead atoms. The predicted molar refractivity (Wildman–Crippen MR) is 59.7 cm³/mol. The molecule has 0 saturated heterocycles. The number of nitrogens with zero attached hydrogens (tertiary/aromatic N) is 1. The van der Waals surface area contributed by atoms with Gasteiger partial charge < -0.3 is 4.74 Å². The Morgan fingerprint density at radius 1 is 1.44 bits per heavy atom. The van der Waals surface area contributed by atoms with E-state index in [1.165, 1.54) is 7.11 Å².